The topological polar surface area (TPSA) is 46.6 Å². The van der Waals surface area contributed by atoms with Crippen molar-refractivity contribution in [3.8, 4) is 0 Å². The van der Waals surface area contributed by atoms with E-state index in [4.69, 9.17) is 9.47 Å². The number of thiazole rings is 1. The highest BCUT2D eigenvalue weighted by Crippen LogP contribution is 2.26. The van der Waals surface area contributed by atoms with Gasteiger partial charge in [-0.15, -0.1) is 11.3 Å². The molecule has 1 aliphatic rings. The van der Waals surface area contributed by atoms with Crippen LogP contribution in [0.25, 0.3) is 0 Å². The van der Waals surface area contributed by atoms with Gasteiger partial charge in [-0.2, -0.15) is 0 Å². The van der Waals surface area contributed by atoms with Gasteiger partial charge in [0.05, 0.1) is 5.69 Å². The van der Waals surface area contributed by atoms with E-state index in [0.29, 0.717) is 6.04 Å². The van der Waals surface area contributed by atoms with E-state index >= 15 is 0 Å². The molecular formula is C13H23N3O2S. The SMILES string of the molecule is COC1CN(c2nc(CNC(C)C)cs2)CC1OC. The van der Waals surface area contributed by atoms with E-state index in [1.54, 1.807) is 25.6 Å². The monoisotopic (exact) mass is 285 g/mol. The van der Waals surface area contributed by atoms with E-state index < -0.39 is 0 Å². The molecule has 0 bridgehead atoms. The van der Waals surface area contributed by atoms with Crippen LogP contribution in [0.3, 0.4) is 0 Å². The fraction of sp³-hybridized carbons (Fsp3) is 0.769. The van der Waals surface area contributed by atoms with Gasteiger partial charge in [0.15, 0.2) is 5.13 Å². The van der Waals surface area contributed by atoms with Crippen molar-refractivity contribution in [2.45, 2.75) is 38.6 Å². The van der Waals surface area contributed by atoms with Crippen LogP contribution in [-0.2, 0) is 16.0 Å². The Bertz CT molecular complexity index is 385. The number of hydrogen-bond acceptors (Lipinski definition) is 6. The zero-order valence-electron chi connectivity index (χ0n) is 12.0. The summed E-state index contributed by atoms with van der Waals surface area (Å²) in [6.45, 7) is 6.79. The lowest BCUT2D eigenvalue weighted by atomic mass is 10.3. The summed E-state index contributed by atoms with van der Waals surface area (Å²) < 4.78 is 10.9. The Morgan fingerprint density at radius 2 is 2.00 bits per heavy atom. The highest BCUT2D eigenvalue weighted by atomic mass is 32.1. The van der Waals surface area contributed by atoms with Gasteiger partial charge in [-0.05, 0) is 0 Å². The van der Waals surface area contributed by atoms with Gasteiger partial charge in [-0.1, -0.05) is 13.8 Å². The average Bonchev–Trinajstić information content (AvgIpc) is 3.02. The highest BCUT2D eigenvalue weighted by Gasteiger charge is 2.34. The van der Waals surface area contributed by atoms with Crippen molar-refractivity contribution in [1.82, 2.24) is 10.3 Å². The molecule has 2 unspecified atom stereocenters. The van der Waals surface area contributed by atoms with Gasteiger partial charge in [0.1, 0.15) is 12.2 Å². The summed E-state index contributed by atoms with van der Waals surface area (Å²) in [4.78, 5) is 6.91. The van der Waals surface area contributed by atoms with Crippen molar-refractivity contribution in [1.29, 1.82) is 0 Å². The number of methoxy groups -OCH3 is 2. The van der Waals surface area contributed by atoms with Crippen LogP contribution in [0.4, 0.5) is 5.13 Å². The summed E-state index contributed by atoms with van der Waals surface area (Å²) in [6, 6.07) is 0.479. The lowest BCUT2D eigenvalue weighted by Crippen LogP contribution is -2.27. The summed E-state index contributed by atoms with van der Waals surface area (Å²) in [5.41, 5.74) is 1.10. The second-order valence-corrected chi connectivity index (χ2v) is 5.95. The number of rotatable bonds is 6. The number of hydrogen-bond donors (Lipinski definition) is 1. The molecule has 6 heteroatoms. The Kier molecular flexibility index (Phi) is 5.15. The summed E-state index contributed by atoms with van der Waals surface area (Å²) in [5.74, 6) is 0. The van der Waals surface area contributed by atoms with Crippen molar-refractivity contribution in [2.24, 2.45) is 0 Å². The summed E-state index contributed by atoms with van der Waals surface area (Å²) >= 11 is 1.69. The lowest BCUT2D eigenvalue weighted by molar-refractivity contribution is -0.00461. The Labute approximate surface area is 118 Å². The van der Waals surface area contributed by atoms with Crippen molar-refractivity contribution in [3.63, 3.8) is 0 Å². The van der Waals surface area contributed by atoms with Crippen LogP contribution in [0, 0.1) is 0 Å². The molecule has 1 N–H and O–H groups in total. The molecule has 0 aromatic carbocycles. The fourth-order valence-corrected chi connectivity index (χ4v) is 3.03. The quantitative estimate of drug-likeness (QED) is 0.858. The van der Waals surface area contributed by atoms with Crippen LogP contribution in [-0.4, -0.2) is 50.5 Å². The van der Waals surface area contributed by atoms with Crippen molar-refractivity contribution >= 4 is 16.5 Å². The zero-order valence-corrected chi connectivity index (χ0v) is 12.9. The number of nitrogens with zero attached hydrogens (tertiary/aromatic N) is 2. The first-order valence-corrected chi connectivity index (χ1v) is 7.50. The van der Waals surface area contributed by atoms with E-state index in [-0.39, 0.29) is 12.2 Å². The second-order valence-electron chi connectivity index (χ2n) is 5.11. The van der Waals surface area contributed by atoms with Crippen LogP contribution < -0.4 is 10.2 Å². The van der Waals surface area contributed by atoms with Crippen molar-refractivity contribution < 1.29 is 9.47 Å². The average molecular weight is 285 g/mol. The first-order chi connectivity index (χ1) is 9.13. The molecule has 2 rings (SSSR count). The number of ether oxygens (including phenoxy) is 2. The third-order valence-corrected chi connectivity index (χ3v) is 4.27. The maximum absolute atomic E-state index is 5.45. The molecule has 1 aromatic rings. The maximum Gasteiger partial charge on any atom is 0.185 e. The number of anilines is 1. The summed E-state index contributed by atoms with van der Waals surface area (Å²) in [6.07, 6.45) is 0.261. The van der Waals surface area contributed by atoms with E-state index in [1.807, 2.05) is 0 Å². The molecule has 2 atom stereocenters. The molecule has 2 heterocycles. The predicted octanol–water partition coefficient (Wildman–Crippen LogP) is 1.49. The molecule has 5 nitrogen and oxygen atoms in total. The third-order valence-electron chi connectivity index (χ3n) is 3.32. The molecule has 1 fully saturated rings. The van der Waals surface area contributed by atoms with Gasteiger partial charge in [-0.3, -0.25) is 0 Å². The molecule has 0 spiro atoms. The molecular weight excluding hydrogens is 262 g/mol. The number of nitrogens with one attached hydrogen (secondary N) is 1. The predicted molar refractivity (Wildman–Crippen MR) is 77.9 cm³/mol. The smallest absolute Gasteiger partial charge is 0.185 e. The van der Waals surface area contributed by atoms with Gasteiger partial charge >= 0.3 is 0 Å². The number of aromatic nitrogens is 1. The first-order valence-electron chi connectivity index (χ1n) is 6.62. The fourth-order valence-electron chi connectivity index (χ4n) is 2.18. The highest BCUT2D eigenvalue weighted by molar-refractivity contribution is 7.13. The normalized spacial score (nSPS) is 23.5. The third kappa shape index (κ3) is 3.66. The van der Waals surface area contributed by atoms with Crippen LogP contribution in [0.2, 0.25) is 0 Å². The molecule has 19 heavy (non-hydrogen) atoms. The van der Waals surface area contributed by atoms with Crippen LogP contribution in [0.15, 0.2) is 5.38 Å². The lowest BCUT2D eigenvalue weighted by Gasteiger charge is -2.13. The van der Waals surface area contributed by atoms with E-state index in [1.165, 1.54) is 0 Å². The van der Waals surface area contributed by atoms with Gasteiger partial charge in [0.2, 0.25) is 0 Å². The molecule has 0 saturated carbocycles. The van der Waals surface area contributed by atoms with Gasteiger partial charge in [-0.25, -0.2) is 4.98 Å². The second kappa shape index (κ2) is 6.65. The Balaban J connectivity index is 1.95. The van der Waals surface area contributed by atoms with Crippen LogP contribution >= 0.6 is 11.3 Å². The molecule has 108 valence electrons. The molecule has 1 saturated heterocycles. The maximum atomic E-state index is 5.45. The molecule has 0 radical (unpaired) electrons. The van der Waals surface area contributed by atoms with E-state index in [9.17, 15) is 0 Å². The first kappa shape index (κ1) is 14.7. The standard InChI is InChI=1S/C13H23N3O2S/c1-9(2)14-5-10-8-19-13(15-10)16-6-11(17-3)12(7-16)18-4/h8-9,11-12,14H,5-7H2,1-4H3. The Morgan fingerprint density at radius 3 is 2.53 bits per heavy atom. The van der Waals surface area contributed by atoms with Crippen molar-refractivity contribution in [3.05, 3.63) is 11.1 Å². The summed E-state index contributed by atoms with van der Waals surface area (Å²) in [7, 11) is 3.47. The Hall–Kier alpha value is -0.690. The largest absolute Gasteiger partial charge is 0.377 e. The minimum Gasteiger partial charge on any atom is -0.377 e. The molecule has 1 aliphatic heterocycles. The van der Waals surface area contributed by atoms with Crippen molar-refractivity contribution in [2.75, 3.05) is 32.2 Å². The van der Waals surface area contributed by atoms with Crippen LogP contribution in [0.5, 0.6) is 0 Å². The van der Waals surface area contributed by atoms with E-state index in [0.717, 1.165) is 30.5 Å². The molecule has 0 aliphatic carbocycles. The minimum absolute atomic E-state index is 0.131. The van der Waals surface area contributed by atoms with Crippen LogP contribution in [0.1, 0.15) is 19.5 Å². The molecule has 1 aromatic heterocycles. The molecule has 0 amide bonds. The van der Waals surface area contributed by atoms with Gasteiger partial charge < -0.3 is 19.7 Å². The zero-order chi connectivity index (χ0) is 13.8. The van der Waals surface area contributed by atoms with Gasteiger partial charge in [0.25, 0.3) is 0 Å². The minimum atomic E-state index is 0.131. The van der Waals surface area contributed by atoms with E-state index in [2.05, 4.69) is 34.4 Å². The van der Waals surface area contributed by atoms with Gasteiger partial charge in [0, 0.05) is 45.3 Å². The Morgan fingerprint density at radius 1 is 1.37 bits per heavy atom. The summed E-state index contributed by atoms with van der Waals surface area (Å²) in [5, 5.41) is 6.56.